The molecule has 0 unspecified atom stereocenters. The summed E-state index contributed by atoms with van der Waals surface area (Å²) >= 11 is 7.59. The lowest BCUT2D eigenvalue weighted by molar-refractivity contribution is 0.528. The van der Waals surface area contributed by atoms with Crippen LogP contribution in [0.4, 0.5) is 0 Å². The zero-order chi connectivity index (χ0) is 14.9. The molecule has 0 atom stereocenters. The first kappa shape index (κ1) is 13.8. The summed E-state index contributed by atoms with van der Waals surface area (Å²) in [6.45, 7) is 0. The van der Waals surface area contributed by atoms with Gasteiger partial charge in [-0.1, -0.05) is 35.5 Å². The van der Waals surface area contributed by atoms with Gasteiger partial charge < -0.3 is 4.42 Å². The number of hydrogen-bond acceptors (Lipinski definition) is 6. The third-order valence-corrected chi connectivity index (χ3v) is 4.50. The van der Waals surface area contributed by atoms with Crippen LogP contribution in [0.5, 0.6) is 0 Å². The van der Waals surface area contributed by atoms with Crippen molar-refractivity contribution in [1.29, 1.82) is 0 Å². The third kappa shape index (κ3) is 2.86. The van der Waals surface area contributed by atoms with E-state index < -0.39 is 0 Å². The van der Waals surface area contributed by atoms with Gasteiger partial charge in [-0.3, -0.25) is 5.10 Å². The second-order valence-electron chi connectivity index (χ2n) is 5.05. The zero-order valence-corrected chi connectivity index (χ0v) is 13.1. The largest absolute Gasteiger partial charge is 0.420 e. The maximum Gasteiger partial charge on any atom is 0.249 e. The Bertz CT molecular complexity index is 798. The molecule has 112 valence electrons. The van der Waals surface area contributed by atoms with Crippen molar-refractivity contribution in [2.24, 2.45) is 0 Å². The first-order valence-electron chi connectivity index (χ1n) is 6.92. The van der Waals surface area contributed by atoms with Gasteiger partial charge >= 0.3 is 0 Å². The van der Waals surface area contributed by atoms with Crippen molar-refractivity contribution >= 4 is 23.4 Å². The van der Waals surface area contributed by atoms with Crippen molar-refractivity contribution in [1.82, 2.24) is 25.4 Å². The second kappa shape index (κ2) is 5.73. The van der Waals surface area contributed by atoms with Crippen molar-refractivity contribution in [2.45, 2.75) is 29.7 Å². The van der Waals surface area contributed by atoms with Crippen molar-refractivity contribution in [3.05, 3.63) is 41.0 Å². The van der Waals surface area contributed by atoms with Crippen molar-refractivity contribution in [2.75, 3.05) is 0 Å². The molecule has 0 spiro atoms. The van der Waals surface area contributed by atoms with Crippen LogP contribution in [0.2, 0.25) is 5.02 Å². The number of H-pyrrole nitrogens is 1. The van der Waals surface area contributed by atoms with Gasteiger partial charge in [0, 0.05) is 5.92 Å². The minimum atomic E-state index is 0.426. The maximum absolute atomic E-state index is 6.12. The Kier molecular flexibility index (Phi) is 3.59. The summed E-state index contributed by atoms with van der Waals surface area (Å²) in [4.78, 5) is 4.45. The molecule has 0 amide bonds. The summed E-state index contributed by atoms with van der Waals surface area (Å²) < 4.78 is 5.65. The molecule has 4 rings (SSSR count). The lowest BCUT2D eigenvalue weighted by atomic mass is 10.2. The fourth-order valence-electron chi connectivity index (χ4n) is 2.04. The molecule has 3 aromatic rings. The third-order valence-electron chi connectivity index (χ3n) is 3.34. The minimum Gasteiger partial charge on any atom is -0.420 e. The molecule has 22 heavy (non-hydrogen) atoms. The number of aromatic amines is 1. The lowest BCUT2D eigenvalue weighted by Gasteiger charge is -1.96. The Morgan fingerprint density at radius 1 is 1.27 bits per heavy atom. The van der Waals surface area contributed by atoms with Gasteiger partial charge in [0.1, 0.15) is 5.82 Å². The van der Waals surface area contributed by atoms with Crippen LogP contribution in [0.1, 0.15) is 30.5 Å². The summed E-state index contributed by atoms with van der Waals surface area (Å²) in [6, 6.07) is 7.39. The molecule has 1 fully saturated rings. The molecule has 1 aromatic carbocycles. The number of thioether (sulfide) groups is 1. The van der Waals surface area contributed by atoms with E-state index in [1.54, 1.807) is 6.07 Å². The van der Waals surface area contributed by atoms with E-state index in [0.29, 0.717) is 33.6 Å². The van der Waals surface area contributed by atoms with Gasteiger partial charge in [0.05, 0.1) is 16.3 Å². The first-order chi connectivity index (χ1) is 10.8. The number of hydrogen-bond donors (Lipinski definition) is 1. The summed E-state index contributed by atoms with van der Waals surface area (Å²) in [5, 5.41) is 16.5. The summed E-state index contributed by atoms with van der Waals surface area (Å²) in [6.07, 6.45) is 2.40. The summed E-state index contributed by atoms with van der Waals surface area (Å²) in [5.74, 6) is 3.02. The standard InChI is InChI=1S/C14H12ClN5OS/c15-10-4-2-1-3-9(10)13-19-17-11(21-13)7-22-14-16-12(18-20-14)8-5-6-8/h1-4,8H,5-7H2,(H,16,18,20). The smallest absolute Gasteiger partial charge is 0.249 e. The molecule has 0 saturated heterocycles. The molecule has 2 heterocycles. The van der Waals surface area contributed by atoms with E-state index in [0.717, 1.165) is 11.4 Å². The Morgan fingerprint density at radius 3 is 2.95 bits per heavy atom. The van der Waals surface area contributed by atoms with Gasteiger partial charge in [0.2, 0.25) is 16.9 Å². The molecule has 1 aliphatic carbocycles. The molecule has 2 aromatic heterocycles. The number of halogens is 1. The molecule has 0 bridgehead atoms. The Hall–Kier alpha value is -1.86. The van der Waals surface area contributed by atoms with Gasteiger partial charge in [-0.25, -0.2) is 4.98 Å². The van der Waals surface area contributed by atoms with E-state index in [4.69, 9.17) is 16.0 Å². The number of rotatable bonds is 5. The fraction of sp³-hybridized carbons (Fsp3) is 0.286. The highest BCUT2D eigenvalue weighted by Gasteiger charge is 2.27. The van der Waals surface area contributed by atoms with E-state index in [2.05, 4.69) is 25.4 Å². The molecular weight excluding hydrogens is 322 g/mol. The molecular formula is C14H12ClN5OS. The van der Waals surface area contributed by atoms with Crippen LogP contribution >= 0.6 is 23.4 Å². The highest BCUT2D eigenvalue weighted by atomic mass is 35.5. The number of benzene rings is 1. The van der Waals surface area contributed by atoms with E-state index in [-0.39, 0.29) is 0 Å². The van der Waals surface area contributed by atoms with Crippen LogP contribution in [0, 0.1) is 0 Å². The van der Waals surface area contributed by atoms with Gasteiger partial charge in [0.25, 0.3) is 0 Å². The van der Waals surface area contributed by atoms with E-state index in [1.807, 2.05) is 18.2 Å². The Morgan fingerprint density at radius 2 is 2.14 bits per heavy atom. The van der Waals surface area contributed by atoms with Crippen LogP contribution in [0.15, 0.2) is 33.8 Å². The van der Waals surface area contributed by atoms with Gasteiger partial charge in [-0.15, -0.1) is 15.3 Å². The lowest BCUT2D eigenvalue weighted by Crippen LogP contribution is -1.83. The monoisotopic (exact) mass is 333 g/mol. The van der Waals surface area contributed by atoms with Crippen molar-refractivity contribution in [3.8, 4) is 11.5 Å². The van der Waals surface area contributed by atoms with Crippen molar-refractivity contribution < 1.29 is 4.42 Å². The second-order valence-corrected chi connectivity index (χ2v) is 6.40. The van der Waals surface area contributed by atoms with Gasteiger partial charge in [-0.05, 0) is 25.0 Å². The van der Waals surface area contributed by atoms with Crippen LogP contribution < -0.4 is 0 Å². The molecule has 8 heteroatoms. The fourth-order valence-corrected chi connectivity index (χ4v) is 2.90. The average molecular weight is 334 g/mol. The molecule has 6 nitrogen and oxygen atoms in total. The van der Waals surface area contributed by atoms with Crippen LogP contribution in [-0.2, 0) is 5.75 Å². The number of nitrogens with one attached hydrogen (secondary N) is 1. The molecule has 1 N–H and O–H groups in total. The predicted octanol–water partition coefficient (Wildman–Crippen LogP) is 3.68. The highest BCUT2D eigenvalue weighted by Crippen LogP contribution is 2.38. The van der Waals surface area contributed by atoms with E-state index >= 15 is 0 Å². The normalized spacial score (nSPS) is 14.4. The van der Waals surface area contributed by atoms with Gasteiger partial charge in [-0.2, -0.15) is 0 Å². The Labute approximate surface area is 135 Å². The summed E-state index contributed by atoms with van der Waals surface area (Å²) in [7, 11) is 0. The molecule has 1 saturated carbocycles. The van der Waals surface area contributed by atoms with Crippen LogP contribution in [-0.4, -0.2) is 25.4 Å². The molecule has 0 radical (unpaired) electrons. The van der Waals surface area contributed by atoms with E-state index in [9.17, 15) is 0 Å². The molecule has 1 aliphatic rings. The molecule has 0 aliphatic heterocycles. The SMILES string of the molecule is Clc1ccccc1-c1nnc(CSc2n[nH]c(C3CC3)n2)o1. The zero-order valence-electron chi connectivity index (χ0n) is 11.5. The van der Waals surface area contributed by atoms with Crippen LogP contribution in [0.3, 0.4) is 0 Å². The average Bonchev–Trinajstić information content (AvgIpc) is 3.09. The van der Waals surface area contributed by atoms with E-state index in [1.165, 1.54) is 24.6 Å². The number of nitrogens with zero attached hydrogens (tertiary/aromatic N) is 4. The summed E-state index contributed by atoms with van der Waals surface area (Å²) in [5.41, 5.74) is 0.738. The first-order valence-corrected chi connectivity index (χ1v) is 8.28. The topological polar surface area (TPSA) is 80.5 Å². The van der Waals surface area contributed by atoms with Crippen LogP contribution in [0.25, 0.3) is 11.5 Å². The Balaban J connectivity index is 1.44. The quantitative estimate of drug-likeness (QED) is 0.717. The maximum atomic E-state index is 6.12. The number of aromatic nitrogens is 5. The van der Waals surface area contributed by atoms with Crippen molar-refractivity contribution in [3.63, 3.8) is 0 Å². The van der Waals surface area contributed by atoms with Gasteiger partial charge in [0.15, 0.2) is 0 Å². The predicted molar refractivity (Wildman–Crippen MR) is 82.7 cm³/mol. The highest BCUT2D eigenvalue weighted by molar-refractivity contribution is 7.98. The minimum absolute atomic E-state index is 0.426.